The predicted molar refractivity (Wildman–Crippen MR) is 111 cm³/mol. The first kappa shape index (κ1) is 19.8. The number of carbonyl (C=O) groups is 1. The summed E-state index contributed by atoms with van der Waals surface area (Å²) < 4.78 is 7.04. The first-order chi connectivity index (χ1) is 14.6. The van der Waals surface area contributed by atoms with Gasteiger partial charge >= 0.3 is 0 Å². The predicted octanol–water partition coefficient (Wildman–Crippen LogP) is 3.32. The van der Waals surface area contributed by atoms with E-state index in [9.17, 15) is 14.9 Å². The van der Waals surface area contributed by atoms with Crippen molar-refractivity contribution < 1.29 is 14.5 Å². The van der Waals surface area contributed by atoms with Crippen LogP contribution in [0.15, 0.2) is 47.9 Å². The molecule has 4 rings (SSSR count). The Morgan fingerprint density at radius 3 is 2.87 bits per heavy atom. The summed E-state index contributed by atoms with van der Waals surface area (Å²) in [5, 5.41) is 23.0. The fraction of sp³-hybridized carbons (Fsp3) is 0.263. The van der Waals surface area contributed by atoms with Crippen LogP contribution in [-0.4, -0.2) is 43.4 Å². The van der Waals surface area contributed by atoms with Gasteiger partial charge in [0.1, 0.15) is 11.4 Å². The Kier molecular flexibility index (Phi) is 5.61. The van der Waals surface area contributed by atoms with Gasteiger partial charge in [0.2, 0.25) is 5.91 Å². The summed E-state index contributed by atoms with van der Waals surface area (Å²) in [5.74, 6) is 0.733. The highest BCUT2D eigenvalue weighted by Crippen LogP contribution is 2.41. The molecule has 2 aromatic heterocycles. The summed E-state index contributed by atoms with van der Waals surface area (Å²) in [6.45, 7) is 0. The topological polar surface area (TPSA) is 125 Å². The number of nitrogens with zero attached hydrogens (tertiary/aromatic N) is 5. The smallest absolute Gasteiger partial charge is 0.296 e. The van der Waals surface area contributed by atoms with Gasteiger partial charge in [0.05, 0.1) is 23.9 Å². The quantitative estimate of drug-likeness (QED) is 0.330. The molecule has 0 atom stereocenters. The number of nitrogens with one attached hydrogen (secondary N) is 1. The molecule has 1 aromatic carbocycles. The molecule has 10 nitrogen and oxygen atoms in total. The van der Waals surface area contributed by atoms with Crippen LogP contribution in [0.25, 0.3) is 11.4 Å². The number of nitro groups is 1. The molecule has 3 aromatic rings. The van der Waals surface area contributed by atoms with Gasteiger partial charge in [0, 0.05) is 24.0 Å². The van der Waals surface area contributed by atoms with E-state index in [1.165, 1.54) is 31.0 Å². The van der Waals surface area contributed by atoms with Crippen molar-refractivity contribution >= 4 is 29.0 Å². The number of ether oxygens (including phenoxy) is 1. The molecule has 0 spiro atoms. The summed E-state index contributed by atoms with van der Waals surface area (Å²) in [5.41, 5.74) is 0.751. The van der Waals surface area contributed by atoms with E-state index >= 15 is 0 Å². The van der Waals surface area contributed by atoms with Crippen molar-refractivity contribution in [2.45, 2.75) is 24.0 Å². The Bertz CT molecular complexity index is 1080. The molecule has 30 heavy (non-hydrogen) atoms. The monoisotopic (exact) mass is 426 g/mol. The molecule has 0 radical (unpaired) electrons. The van der Waals surface area contributed by atoms with Crippen molar-refractivity contribution in [3.63, 3.8) is 0 Å². The Labute approximate surface area is 175 Å². The second-order valence-electron chi connectivity index (χ2n) is 6.63. The minimum atomic E-state index is -0.560. The summed E-state index contributed by atoms with van der Waals surface area (Å²) in [7, 11) is 1.42. The minimum absolute atomic E-state index is 0.0427. The van der Waals surface area contributed by atoms with Crippen molar-refractivity contribution in [2.24, 2.45) is 0 Å². The van der Waals surface area contributed by atoms with Crippen molar-refractivity contribution in [3.8, 4) is 17.1 Å². The average Bonchev–Trinajstić information content (AvgIpc) is 3.51. The van der Waals surface area contributed by atoms with Gasteiger partial charge in [-0.2, -0.15) is 0 Å². The van der Waals surface area contributed by atoms with E-state index in [4.69, 9.17) is 4.74 Å². The molecule has 11 heteroatoms. The van der Waals surface area contributed by atoms with Crippen molar-refractivity contribution in [2.75, 3.05) is 18.2 Å². The molecule has 154 valence electrons. The molecule has 0 bridgehead atoms. The summed E-state index contributed by atoms with van der Waals surface area (Å²) in [6.07, 6.45) is 5.48. The lowest BCUT2D eigenvalue weighted by Gasteiger charge is -2.09. The zero-order valence-electron chi connectivity index (χ0n) is 16.0. The van der Waals surface area contributed by atoms with Gasteiger partial charge in [-0.15, -0.1) is 10.2 Å². The molecule has 1 aliphatic rings. The van der Waals surface area contributed by atoms with E-state index in [1.807, 2.05) is 16.7 Å². The second kappa shape index (κ2) is 8.49. The molecule has 0 aliphatic heterocycles. The zero-order valence-corrected chi connectivity index (χ0v) is 16.8. The Morgan fingerprint density at radius 2 is 2.20 bits per heavy atom. The summed E-state index contributed by atoms with van der Waals surface area (Å²) >= 11 is 1.24. The van der Waals surface area contributed by atoms with Crippen molar-refractivity contribution in [3.05, 3.63) is 52.8 Å². The maximum Gasteiger partial charge on any atom is 0.296 e. The van der Waals surface area contributed by atoms with Crippen LogP contribution >= 0.6 is 11.8 Å². The second-order valence-corrected chi connectivity index (χ2v) is 7.57. The maximum atomic E-state index is 12.4. The number of methoxy groups -OCH3 is 1. The van der Waals surface area contributed by atoms with E-state index < -0.39 is 4.92 Å². The first-order valence-corrected chi connectivity index (χ1v) is 10.2. The van der Waals surface area contributed by atoms with Crippen molar-refractivity contribution in [1.29, 1.82) is 0 Å². The minimum Gasteiger partial charge on any atom is -0.496 e. The number of amides is 1. The number of anilines is 1. The number of aromatic nitrogens is 4. The largest absolute Gasteiger partial charge is 0.496 e. The normalized spacial score (nSPS) is 13.1. The molecule has 1 amide bonds. The van der Waals surface area contributed by atoms with Crippen LogP contribution < -0.4 is 10.1 Å². The number of hydrogen-bond donors (Lipinski definition) is 1. The third-order valence-electron chi connectivity index (χ3n) is 4.50. The number of carbonyl (C=O) groups excluding carboxylic acids is 1. The summed E-state index contributed by atoms with van der Waals surface area (Å²) in [4.78, 5) is 27.3. The Balaban J connectivity index is 1.48. The molecular formula is C19H18N6O4S. The zero-order chi connectivity index (χ0) is 21.1. The van der Waals surface area contributed by atoms with Gasteiger partial charge in [0.25, 0.3) is 5.69 Å². The van der Waals surface area contributed by atoms with E-state index in [1.54, 1.807) is 18.5 Å². The maximum absolute atomic E-state index is 12.4. The van der Waals surface area contributed by atoms with Crippen LogP contribution in [0.4, 0.5) is 11.4 Å². The van der Waals surface area contributed by atoms with E-state index in [0.717, 1.165) is 24.2 Å². The standard InChI is InChI=1S/C19H18N6O4S/c1-29-14-6-7-15(16(9-14)25(27)28)21-17(26)11-30-19-23-22-18(24(19)13-4-5-13)12-3-2-8-20-10-12/h2-3,6-10,13H,4-5,11H2,1H3,(H,21,26). The highest BCUT2D eigenvalue weighted by molar-refractivity contribution is 7.99. The van der Waals surface area contributed by atoms with Crippen LogP contribution in [0.1, 0.15) is 18.9 Å². The lowest BCUT2D eigenvalue weighted by atomic mass is 10.2. The van der Waals surface area contributed by atoms with Crippen LogP contribution in [-0.2, 0) is 4.79 Å². The van der Waals surface area contributed by atoms with Gasteiger partial charge in [-0.3, -0.25) is 24.5 Å². The van der Waals surface area contributed by atoms with Crippen LogP contribution in [0.5, 0.6) is 5.75 Å². The number of rotatable bonds is 8. The van der Waals surface area contributed by atoms with Gasteiger partial charge in [-0.25, -0.2) is 0 Å². The molecule has 1 aliphatic carbocycles. The molecular weight excluding hydrogens is 408 g/mol. The van der Waals surface area contributed by atoms with Crippen LogP contribution in [0.3, 0.4) is 0 Å². The molecule has 1 fully saturated rings. The SMILES string of the molecule is COc1ccc(NC(=O)CSc2nnc(-c3cccnc3)n2C2CC2)c([N+](=O)[O-])c1. The fourth-order valence-corrected chi connectivity index (χ4v) is 3.75. The molecule has 0 saturated heterocycles. The molecule has 1 N–H and O–H groups in total. The highest BCUT2D eigenvalue weighted by Gasteiger charge is 2.30. The number of benzene rings is 1. The van der Waals surface area contributed by atoms with Gasteiger partial charge in [0.15, 0.2) is 11.0 Å². The van der Waals surface area contributed by atoms with Crippen LogP contribution in [0, 0.1) is 10.1 Å². The molecule has 1 saturated carbocycles. The fourth-order valence-electron chi connectivity index (χ4n) is 2.94. The highest BCUT2D eigenvalue weighted by atomic mass is 32.2. The Morgan fingerprint density at radius 1 is 1.37 bits per heavy atom. The van der Waals surface area contributed by atoms with E-state index in [2.05, 4.69) is 20.5 Å². The number of nitro benzene ring substituents is 1. The number of hydrogen-bond acceptors (Lipinski definition) is 8. The lowest BCUT2D eigenvalue weighted by Crippen LogP contribution is -2.15. The van der Waals surface area contributed by atoms with E-state index in [0.29, 0.717) is 16.9 Å². The number of thioether (sulfide) groups is 1. The molecule has 2 heterocycles. The first-order valence-electron chi connectivity index (χ1n) is 9.17. The third-order valence-corrected chi connectivity index (χ3v) is 5.45. The van der Waals surface area contributed by atoms with Gasteiger partial charge < -0.3 is 10.1 Å². The van der Waals surface area contributed by atoms with Gasteiger partial charge in [-0.1, -0.05) is 11.8 Å². The lowest BCUT2D eigenvalue weighted by molar-refractivity contribution is -0.384. The van der Waals surface area contributed by atoms with E-state index in [-0.39, 0.29) is 23.0 Å². The third kappa shape index (κ3) is 4.25. The number of pyridine rings is 1. The Hall–Kier alpha value is -3.47. The average molecular weight is 426 g/mol. The molecule has 0 unspecified atom stereocenters. The summed E-state index contributed by atoms with van der Waals surface area (Å²) in [6, 6.07) is 8.34. The van der Waals surface area contributed by atoms with Gasteiger partial charge in [-0.05, 0) is 37.1 Å². The van der Waals surface area contributed by atoms with Crippen molar-refractivity contribution in [1.82, 2.24) is 19.7 Å². The van der Waals surface area contributed by atoms with Crippen LogP contribution in [0.2, 0.25) is 0 Å².